The third-order valence-corrected chi connectivity index (χ3v) is 25.2. The summed E-state index contributed by atoms with van der Waals surface area (Å²) in [5, 5.41) is 9.40. The number of nitrogens with zero attached hydrogens (tertiary/aromatic N) is 1. The van der Waals surface area contributed by atoms with Crippen LogP contribution < -0.4 is 10.2 Å². The Morgan fingerprint density at radius 3 is 1.10 bits per heavy atom. The first-order valence-electron chi connectivity index (χ1n) is 37.9. The van der Waals surface area contributed by atoms with Crippen LogP contribution in [-0.2, 0) is 10.8 Å². The number of para-hydroxylation sites is 2. The number of fused-ring (bicyclic) bond motifs is 22. The quantitative estimate of drug-likeness (QED) is 0.155. The zero-order valence-electron chi connectivity index (χ0n) is 60.6. The molecule has 2 aliphatic heterocycles. The monoisotopic (exact) mass is 1470 g/mol. The second-order valence-corrected chi connectivity index (χ2v) is 31.2. The first-order chi connectivity index (χ1) is 55.0. The van der Waals surface area contributed by atoms with Crippen molar-refractivity contribution in [2.45, 2.75) is 30.4 Å². The summed E-state index contributed by atoms with van der Waals surface area (Å²) in [5.41, 5.74) is 30.1. The van der Waals surface area contributed by atoms with E-state index in [0.717, 1.165) is 33.5 Å². The van der Waals surface area contributed by atoms with E-state index in [1.165, 1.54) is 152 Å². The maximum Gasteiger partial charge on any atom is 0.0736 e. The van der Waals surface area contributed by atoms with Crippen molar-refractivity contribution in [3.63, 3.8) is 0 Å². The van der Waals surface area contributed by atoms with Crippen LogP contribution in [-0.4, -0.2) is 0 Å². The fourth-order valence-corrected chi connectivity index (χ4v) is 20.6. The maximum absolute atomic E-state index is 6.95. The number of hydrogen-bond acceptors (Lipinski definition) is 4. The minimum atomic E-state index is -0.495. The van der Waals surface area contributed by atoms with Crippen molar-refractivity contribution in [1.82, 2.24) is 0 Å². The van der Waals surface area contributed by atoms with Gasteiger partial charge in [-0.3, -0.25) is 0 Å². The van der Waals surface area contributed by atoms with Crippen molar-refractivity contribution in [3.05, 3.63) is 474 Å². The van der Waals surface area contributed by atoms with E-state index in [4.69, 9.17) is 11.6 Å². The summed E-state index contributed by atoms with van der Waals surface area (Å²) in [4.78, 5) is 7.75. The smallest absolute Gasteiger partial charge is 0.0736 e. The van der Waals surface area contributed by atoms with E-state index in [1.807, 2.05) is 41.7 Å². The van der Waals surface area contributed by atoms with E-state index in [2.05, 4.69) is 417 Å². The van der Waals surface area contributed by atoms with E-state index < -0.39 is 5.41 Å². The third kappa shape index (κ3) is 11.4. The standard InChI is InChI=1S/C53H35NS.C29H17ClS.C24H19N/c1-3-16-36(17-4-1)37-30-33-40(34-31-37)54(47-26-12-9-21-41(47)38-18-5-2-6-19-38)48-27-15-25-45-52(48)51-42-22-8-7-20-39(42)32-35-46(51)53(45)43-23-10-13-28-49(43)55-50-29-14-11-24-44(50)53;30-24-13-7-12-22-28(24)27-19-9-2-1-8-18(19)16-17-23(27)29(22)20-10-3-5-14-25(20)31-26-15-6-4-11-21(26)29;1-3-9-19(10-4-1)20-15-17-22(18-16-20)25-24-14-8-7-13-23(24)21-11-5-2-6-12-21/h1-35H;1-17H;1-18,25H. The molecular formula is C106H71ClN2S2. The molecule has 4 aliphatic rings. The molecule has 2 aliphatic carbocycles. The van der Waals surface area contributed by atoms with Crippen LogP contribution in [0, 0.1) is 0 Å². The van der Waals surface area contributed by atoms with Gasteiger partial charge in [0.05, 0.1) is 22.2 Å². The molecule has 0 saturated heterocycles. The number of nitrogens with one attached hydrogen (secondary N) is 1. The summed E-state index contributed by atoms with van der Waals surface area (Å²) in [6.45, 7) is 0. The first kappa shape index (κ1) is 67.4. The molecule has 18 aromatic rings. The van der Waals surface area contributed by atoms with Gasteiger partial charge in [0.25, 0.3) is 0 Å². The average molecular weight is 1470 g/mol. The highest BCUT2D eigenvalue weighted by atomic mass is 35.5. The van der Waals surface area contributed by atoms with Crippen LogP contribution in [0.25, 0.3) is 88.3 Å². The maximum atomic E-state index is 6.95. The molecule has 0 bridgehead atoms. The lowest BCUT2D eigenvalue weighted by molar-refractivity contribution is 0.723. The van der Waals surface area contributed by atoms with Crippen molar-refractivity contribution in [3.8, 4) is 66.8 Å². The van der Waals surface area contributed by atoms with Crippen LogP contribution in [0.15, 0.2) is 444 Å². The van der Waals surface area contributed by atoms with Gasteiger partial charge in [-0.05, 0) is 183 Å². The molecule has 5 heteroatoms. The highest BCUT2D eigenvalue weighted by Crippen LogP contribution is 2.67. The Labute approximate surface area is 661 Å². The van der Waals surface area contributed by atoms with E-state index in [0.29, 0.717) is 0 Å². The molecule has 0 unspecified atom stereocenters. The topological polar surface area (TPSA) is 15.3 Å². The van der Waals surface area contributed by atoms with Gasteiger partial charge in [0.1, 0.15) is 0 Å². The Hall–Kier alpha value is -12.9. The van der Waals surface area contributed by atoms with Crippen LogP contribution in [0.4, 0.5) is 28.4 Å². The lowest BCUT2D eigenvalue weighted by atomic mass is 9.67. The van der Waals surface area contributed by atoms with Crippen LogP contribution in [0.5, 0.6) is 0 Å². The molecule has 18 aromatic carbocycles. The number of rotatable bonds is 9. The van der Waals surface area contributed by atoms with Crippen molar-refractivity contribution in [1.29, 1.82) is 0 Å². The zero-order chi connectivity index (χ0) is 73.8. The summed E-state index contributed by atoms with van der Waals surface area (Å²) in [7, 11) is 0. The second-order valence-electron chi connectivity index (χ2n) is 28.6. The summed E-state index contributed by atoms with van der Waals surface area (Å²) in [5.74, 6) is 0. The SMILES string of the molecule is Clc1cccc2c1-c1c(ccc3ccccc13)C21c2ccccc2Sc2ccccc21.c1ccc(-c2ccc(N(c3ccccc3-c3ccccc3)c3cccc4c3-c3c(ccc5ccccc35)C43c4ccccc4Sc4ccccc43)cc2)cc1.c1ccc(-c2ccc(Nc3ccccc3-c3ccccc3)cc2)cc1. The molecule has 0 amide bonds. The van der Waals surface area contributed by atoms with Crippen LogP contribution in [0.3, 0.4) is 0 Å². The molecule has 0 radical (unpaired) electrons. The Kier molecular flexibility index (Phi) is 17.4. The predicted molar refractivity (Wildman–Crippen MR) is 468 cm³/mol. The third-order valence-electron chi connectivity index (χ3n) is 22.6. The van der Waals surface area contributed by atoms with Gasteiger partial charge < -0.3 is 10.2 Å². The van der Waals surface area contributed by atoms with Crippen molar-refractivity contribution in [2.75, 3.05) is 10.2 Å². The lowest BCUT2D eigenvalue weighted by Crippen LogP contribution is -2.32. The fraction of sp³-hybridized carbons (Fsp3) is 0.0189. The lowest BCUT2D eigenvalue weighted by Gasteiger charge is -2.40. The minimum Gasteiger partial charge on any atom is -0.355 e. The van der Waals surface area contributed by atoms with E-state index in [1.54, 1.807) is 0 Å². The molecule has 524 valence electrons. The summed E-state index contributed by atoms with van der Waals surface area (Å²) < 4.78 is 0. The zero-order valence-corrected chi connectivity index (χ0v) is 62.9. The number of benzene rings is 18. The molecule has 111 heavy (non-hydrogen) atoms. The molecule has 0 aromatic heterocycles. The molecule has 0 fully saturated rings. The van der Waals surface area contributed by atoms with Crippen molar-refractivity contribution in [2.24, 2.45) is 0 Å². The summed E-state index contributed by atoms with van der Waals surface area (Å²) in [6.07, 6.45) is 0. The van der Waals surface area contributed by atoms with Gasteiger partial charge in [0, 0.05) is 63.9 Å². The molecule has 22 rings (SSSR count). The molecule has 2 spiro atoms. The van der Waals surface area contributed by atoms with Crippen molar-refractivity contribution < 1.29 is 0 Å². The molecule has 1 N–H and O–H groups in total. The van der Waals surface area contributed by atoms with Gasteiger partial charge in [-0.25, -0.2) is 0 Å². The van der Waals surface area contributed by atoms with Crippen LogP contribution >= 0.6 is 35.1 Å². The minimum absolute atomic E-state index is 0.363. The Balaban J connectivity index is 0.000000121. The van der Waals surface area contributed by atoms with Crippen LogP contribution in [0.2, 0.25) is 5.02 Å². The number of anilines is 5. The van der Waals surface area contributed by atoms with Gasteiger partial charge in [-0.1, -0.05) is 387 Å². The van der Waals surface area contributed by atoms with E-state index >= 15 is 0 Å². The van der Waals surface area contributed by atoms with Gasteiger partial charge >= 0.3 is 0 Å². The van der Waals surface area contributed by atoms with Crippen LogP contribution in [0.1, 0.15) is 44.5 Å². The molecule has 0 atom stereocenters. The Morgan fingerprint density at radius 2 is 0.586 bits per heavy atom. The summed E-state index contributed by atoms with van der Waals surface area (Å²) in [6, 6.07) is 154. The normalized spacial score (nSPS) is 13.0. The molecule has 2 heterocycles. The first-order valence-corrected chi connectivity index (χ1v) is 39.9. The second kappa shape index (κ2) is 28.6. The van der Waals surface area contributed by atoms with Crippen molar-refractivity contribution >= 4 is 85.1 Å². The number of hydrogen-bond donors (Lipinski definition) is 1. The molecule has 2 nitrogen and oxygen atoms in total. The van der Waals surface area contributed by atoms with E-state index in [9.17, 15) is 0 Å². The predicted octanol–water partition coefficient (Wildman–Crippen LogP) is 29.6. The van der Waals surface area contributed by atoms with Gasteiger partial charge in [-0.2, -0.15) is 0 Å². The molecular weight excluding hydrogens is 1400 g/mol. The van der Waals surface area contributed by atoms with E-state index in [-0.39, 0.29) is 5.41 Å². The Morgan fingerprint density at radius 1 is 0.234 bits per heavy atom. The highest BCUT2D eigenvalue weighted by Gasteiger charge is 2.53. The van der Waals surface area contributed by atoms with Gasteiger partial charge in [0.15, 0.2) is 0 Å². The Bertz CT molecular complexity index is 6470. The fourth-order valence-electron chi connectivity index (χ4n) is 17.9. The van der Waals surface area contributed by atoms with Gasteiger partial charge in [-0.15, -0.1) is 0 Å². The molecule has 0 saturated carbocycles. The number of halogens is 1. The average Bonchev–Trinajstić information content (AvgIpc) is 1.54. The summed E-state index contributed by atoms with van der Waals surface area (Å²) >= 11 is 10.7. The van der Waals surface area contributed by atoms with Gasteiger partial charge in [0.2, 0.25) is 0 Å². The highest BCUT2D eigenvalue weighted by molar-refractivity contribution is 7.99. The largest absolute Gasteiger partial charge is 0.355 e.